The highest BCUT2D eigenvalue weighted by Crippen LogP contribution is 2.20. The average Bonchev–Trinajstić information content (AvgIpc) is 2.76. The second-order valence-corrected chi connectivity index (χ2v) is 5.34. The van der Waals surface area contributed by atoms with E-state index >= 15 is 0 Å². The van der Waals surface area contributed by atoms with Crippen molar-refractivity contribution in [1.29, 1.82) is 0 Å². The lowest BCUT2D eigenvalue weighted by Crippen LogP contribution is -2.17. The smallest absolute Gasteiger partial charge is 0.126 e. The van der Waals surface area contributed by atoms with Crippen LogP contribution in [0.25, 0.3) is 0 Å². The Hall–Kier alpha value is -1.33. The molecule has 2 nitrogen and oxygen atoms in total. The molecule has 0 aliphatic heterocycles. The molecule has 5 heteroatoms. The van der Waals surface area contributed by atoms with Crippen molar-refractivity contribution in [1.82, 2.24) is 10.3 Å². The molecule has 102 valence electrons. The molecule has 0 spiro atoms. The maximum atomic E-state index is 13.1. The van der Waals surface area contributed by atoms with Gasteiger partial charge >= 0.3 is 0 Å². The Morgan fingerprint density at radius 1 is 1.26 bits per heavy atom. The first-order valence-corrected chi connectivity index (χ1v) is 7.09. The van der Waals surface area contributed by atoms with Crippen LogP contribution in [0.4, 0.5) is 8.78 Å². The first-order chi connectivity index (χ1) is 9.08. The number of thiazole rings is 1. The lowest BCUT2D eigenvalue weighted by molar-refractivity contribution is 0.579. The Labute approximate surface area is 115 Å². The van der Waals surface area contributed by atoms with Gasteiger partial charge in [0, 0.05) is 23.9 Å². The minimum Gasteiger partial charge on any atom is -0.309 e. The van der Waals surface area contributed by atoms with E-state index in [4.69, 9.17) is 0 Å². The molecule has 1 heterocycles. The van der Waals surface area contributed by atoms with Gasteiger partial charge in [-0.3, -0.25) is 0 Å². The van der Waals surface area contributed by atoms with Crippen LogP contribution in [-0.2, 0) is 6.42 Å². The molecular weight excluding hydrogens is 266 g/mol. The number of rotatable bonds is 5. The first kappa shape index (κ1) is 14.1. The molecule has 1 aromatic carbocycles. The van der Waals surface area contributed by atoms with Gasteiger partial charge in [-0.2, -0.15) is 0 Å². The van der Waals surface area contributed by atoms with E-state index < -0.39 is 11.6 Å². The molecule has 2 aromatic rings. The van der Waals surface area contributed by atoms with E-state index in [1.165, 1.54) is 23.5 Å². The van der Waals surface area contributed by atoms with Crippen molar-refractivity contribution >= 4 is 11.3 Å². The van der Waals surface area contributed by atoms with Gasteiger partial charge < -0.3 is 5.32 Å². The third-order valence-corrected chi connectivity index (χ3v) is 3.67. The van der Waals surface area contributed by atoms with Gasteiger partial charge in [0.25, 0.3) is 0 Å². The van der Waals surface area contributed by atoms with Crippen molar-refractivity contribution < 1.29 is 8.78 Å². The molecule has 2 rings (SSSR count). The van der Waals surface area contributed by atoms with Crippen molar-refractivity contribution in [2.75, 3.05) is 6.54 Å². The van der Waals surface area contributed by atoms with Gasteiger partial charge in [-0.1, -0.05) is 6.92 Å². The van der Waals surface area contributed by atoms with Gasteiger partial charge in [0.05, 0.1) is 10.7 Å². The maximum Gasteiger partial charge on any atom is 0.126 e. The predicted octanol–water partition coefficient (Wildman–Crippen LogP) is 3.68. The Bertz CT molecular complexity index is 534. The number of benzene rings is 1. The number of halogens is 2. The van der Waals surface area contributed by atoms with Crippen molar-refractivity contribution in [2.24, 2.45) is 0 Å². The Balaban J connectivity index is 2.11. The number of nitrogens with zero attached hydrogens (tertiary/aromatic N) is 1. The van der Waals surface area contributed by atoms with Crippen LogP contribution in [0.5, 0.6) is 0 Å². The lowest BCUT2D eigenvalue weighted by Gasteiger charge is -2.08. The van der Waals surface area contributed by atoms with Crippen molar-refractivity contribution in [3.05, 3.63) is 51.5 Å². The largest absolute Gasteiger partial charge is 0.309 e. The summed E-state index contributed by atoms with van der Waals surface area (Å²) in [6.45, 7) is 4.96. The minimum absolute atomic E-state index is 0.194. The highest BCUT2D eigenvalue weighted by Gasteiger charge is 2.10. The zero-order chi connectivity index (χ0) is 13.8. The predicted molar refractivity (Wildman–Crippen MR) is 73.4 cm³/mol. The highest BCUT2D eigenvalue weighted by atomic mass is 32.1. The average molecular weight is 282 g/mol. The van der Waals surface area contributed by atoms with Crippen LogP contribution >= 0.6 is 11.3 Å². The van der Waals surface area contributed by atoms with Gasteiger partial charge in [0.15, 0.2) is 0 Å². The summed E-state index contributed by atoms with van der Waals surface area (Å²) in [4.78, 5) is 4.49. The molecule has 0 saturated carbocycles. The van der Waals surface area contributed by atoms with Crippen LogP contribution in [0.1, 0.15) is 36.2 Å². The van der Waals surface area contributed by atoms with Gasteiger partial charge in [-0.25, -0.2) is 13.8 Å². The van der Waals surface area contributed by atoms with Gasteiger partial charge in [-0.05, 0) is 31.2 Å². The van der Waals surface area contributed by atoms with E-state index in [9.17, 15) is 8.78 Å². The van der Waals surface area contributed by atoms with E-state index in [-0.39, 0.29) is 6.04 Å². The van der Waals surface area contributed by atoms with E-state index in [2.05, 4.69) is 10.3 Å². The van der Waals surface area contributed by atoms with Gasteiger partial charge in [-0.15, -0.1) is 11.3 Å². The molecule has 0 radical (unpaired) electrons. The summed E-state index contributed by atoms with van der Waals surface area (Å²) in [6, 6.07) is 3.76. The van der Waals surface area contributed by atoms with E-state index in [1.807, 2.05) is 19.2 Å². The summed E-state index contributed by atoms with van der Waals surface area (Å²) < 4.78 is 26.2. The van der Waals surface area contributed by atoms with E-state index in [1.54, 1.807) is 0 Å². The van der Waals surface area contributed by atoms with Crippen molar-refractivity contribution in [2.45, 2.75) is 26.3 Å². The maximum absolute atomic E-state index is 13.1. The van der Waals surface area contributed by atoms with Crippen molar-refractivity contribution in [3.63, 3.8) is 0 Å². The molecule has 1 unspecified atom stereocenters. The molecule has 19 heavy (non-hydrogen) atoms. The molecule has 0 fully saturated rings. The normalized spacial score (nSPS) is 12.6. The lowest BCUT2D eigenvalue weighted by atomic mass is 10.1. The molecule has 0 aliphatic rings. The summed E-state index contributed by atoms with van der Waals surface area (Å²) >= 11 is 1.51. The van der Waals surface area contributed by atoms with Crippen LogP contribution in [0.15, 0.2) is 23.6 Å². The van der Waals surface area contributed by atoms with Crippen LogP contribution in [0, 0.1) is 11.6 Å². The van der Waals surface area contributed by atoms with Crippen LogP contribution < -0.4 is 5.32 Å². The third-order valence-electron chi connectivity index (χ3n) is 2.80. The summed E-state index contributed by atoms with van der Waals surface area (Å²) in [5, 5.41) is 6.13. The second kappa shape index (κ2) is 6.21. The van der Waals surface area contributed by atoms with Crippen LogP contribution in [-0.4, -0.2) is 11.5 Å². The molecule has 0 amide bonds. The fraction of sp³-hybridized carbons (Fsp3) is 0.357. The standard InChI is InChI=1S/C14H16F2N2S/c1-3-17-9(2)13-8-19-14(18-13)6-10-4-11(15)7-12(16)5-10/h4-5,7-9,17H,3,6H2,1-2H3. The molecule has 1 N–H and O–H groups in total. The molecular formula is C14H16F2N2S. The summed E-state index contributed by atoms with van der Waals surface area (Å²) in [7, 11) is 0. The van der Waals surface area contributed by atoms with E-state index in [0.717, 1.165) is 23.3 Å². The SMILES string of the molecule is CCNC(C)c1csc(Cc2cc(F)cc(F)c2)n1. The number of hydrogen-bond donors (Lipinski definition) is 1. The Morgan fingerprint density at radius 2 is 1.95 bits per heavy atom. The first-order valence-electron chi connectivity index (χ1n) is 6.21. The third kappa shape index (κ3) is 3.81. The fourth-order valence-corrected chi connectivity index (χ4v) is 2.83. The van der Waals surface area contributed by atoms with Crippen LogP contribution in [0.3, 0.4) is 0 Å². The number of aromatic nitrogens is 1. The van der Waals surface area contributed by atoms with E-state index in [0.29, 0.717) is 12.0 Å². The fourth-order valence-electron chi connectivity index (χ4n) is 1.90. The summed E-state index contributed by atoms with van der Waals surface area (Å²) in [5.41, 5.74) is 1.58. The molecule has 0 aliphatic carbocycles. The zero-order valence-electron chi connectivity index (χ0n) is 10.9. The minimum atomic E-state index is -0.548. The van der Waals surface area contributed by atoms with Crippen LogP contribution in [0.2, 0.25) is 0 Å². The molecule has 1 aromatic heterocycles. The molecule has 0 bridgehead atoms. The van der Waals surface area contributed by atoms with Gasteiger partial charge in [0.1, 0.15) is 11.6 Å². The summed E-state index contributed by atoms with van der Waals surface area (Å²) in [5.74, 6) is -1.10. The van der Waals surface area contributed by atoms with Crippen molar-refractivity contribution in [3.8, 4) is 0 Å². The Kier molecular flexibility index (Phi) is 4.61. The quantitative estimate of drug-likeness (QED) is 0.905. The molecule has 0 saturated heterocycles. The number of nitrogens with one attached hydrogen (secondary N) is 1. The van der Waals surface area contributed by atoms with Gasteiger partial charge in [0.2, 0.25) is 0 Å². The molecule has 1 atom stereocenters. The number of hydrogen-bond acceptors (Lipinski definition) is 3. The summed E-state index contributed by atoms with van der Waals surface area (Å²) in [6.07, 6.45) is 0.457. The highest BCUT2D eigenvalue weighted by molar-refractivity contribution is 7.09. The topological polar surface area (TPSA) is 24.9 Å². The zero-order valence-corrected chi connectivity index (χ0v) is 11.7. The monoisotopic (exact) mass is 282 g/mol. The Morgan fingerprint density at radius 3 is 2.58 bits per heavy atom. The second-order valence-electron chi connectivity index (χ2n) is 4.40.